The van der Waals surface area contributed by atoms with Crippen LogP contribution in [0, 0.1) is 23.2 Å². The normalized spacial score (nSPS) is 30.8. The summed E-state index contributed by atoms with van der Waals surface area (Å²) in [6, 6.07) is 7.69. The van der Waals surface area contributed by atoms with Crippen LogP contribution in [0.3, 0.4) is 0 Å². The van der Waals surface area contributed by atoms with Crippen LogP contribution in [0.2, 0.25) is 0 Å². The number of hydrogen-bond acceptors (Lipinski definition) is 8. The Bertz CT molecular complexity index is 1350. The maximum atomic E-state index is 13.4. The summed E-state index contributed by atoms with van der Waals surface area (Å²) >= 11 is 4.63. The number of ether oxygens (including phenoxy) is 2. The van der Waals surface area contributed by atoms with Gasteiger partial charge in [-0.1, -0.05) is 49.0 Å². The Morgan fingerprint density at radius 3 is 2.45 bits per heavy atom. The Morgan fingerprint density at radius 2 is 1.80 bits per heavy atom. The highest BCUT2D eigenvalue weighted by molar-refractivity contribution is 7.80. The summed E-state index contributed by atoms with van der Waals surface area (Å²) in [6.07, 6.45) is 5.14. The van der Waals surface area contributed by atoms with Gasteiger partial charge in [0.05, 0.1) is 5.37 Å². The zero-order valence-corrected chi connectivity index (χ0v) is 23.9. The van der Waals surface area contributed by atoms with Crippen LogP contribution < -0.4 is 0 Å². The van der Waals surface area contributed by atoms with Gasteiger partial charge in [0.25, 0.3) is 0 Å². The smallest absolute Gasteiger partial charge is 0.342 e. The molecule has 0 amide bonds. The first kappa shape index (κ1) is 28.3. The predicted molar refractivity (Wildman–Crippen MR) is 151 cm³/mol. The highest BCUT2D eigenvalue weighted by Crippen LogP contribution is 2.65. The first-order chi connectivity index (χ1) is 19.0. The maximum absolute atomic E-state index is 13.4. The maximum Gasteiger partial charge on any atom is 0.342 e. The van der Waals surface area contributed by atoms with Crippen molar-refractivity contribution in [1.29, 1.82) is 0 Å². The number of rotatable bonds is 7. The number of esters is 2. The van der Waals surface area contributed by atoms with Crippen LogP contribution in [-0.2, 0) is 28.7 Å². The highest BCUT2D eigenvalue weighted by Gasteiger charge is 2.58. The quantitative estimate of drug-likeness (QED) is 0.258. The van der Waals surface area contributed by atoms with Crippen LogP contribution in [0.4, 0.5) is 0 Å². The molecule has 1 unspecified atom stereocenters. The van der Waals surface area contributed by atoms with Gasteiger partial charge in [-0.2, -0.15) is 0 Å². The van der Waals surface area contributed by atoms with E-state index in [2.05, 4.69) is 19.1 Å². The van der Waals surface area contributed by atoms with Gasteiger partial charge in [-0.25, -0.2) is 4.79 Å². The van der Waals surface area contributed by atoms with E-state index in [0.29, 0.717) is 18.4 Å². The van der Waals surface area contributed by atoms with Crippen LogP contribution in [0.15, 0.2) is 47.1 Å². The topological polar surface area (TPSA) is 104 Å². The van der Waals surface area contributed by atoms with Crippen LogP contribution in [0.1, 0.15) is 81.1 Å². The third-order valence-electron chi connectivity index (χ3n) is 9.67. The molecule has 0 aromatic heterocycles. The van der Waals surface area contributed by atoms with Crippen molar-refractivity contribution < 1.29 is 33.4 Å². The molecule has 7 nitrogen and oxygen atoms in total. The molecule has 210 valence electrons. The van der Waals surface area contributed by atoms with Crippen molar-refractivity contribution in [3.05, 3.63) is 58.2 Å². The van der Waals surface area contributed by atoms with Gasteiger partial charge in [0, 0.05) is 30.7 Å². The Balaban J connectivity index is 1.58. The largest absolute Gasteiger partial charge is 0.454 e. The van der Waals surface area contributed by atoms with E-state index < -0.39 is 18.0 Å². The molecule has 1 aromatic rings. The number of benzene rings is 1. The summed E-state index contributed by atoms with van der Waals surface area (Å²) < 4.78 is 10.5. The van der Waals surface area contributed by atoms with Crippen molar-refractivity contribution in [2.75, 3.05) is 6.61 Å². The van der Waals surface area contributed by atoms with Gasteiger partial charge in [0.1, 0.15) is 0 Å². The van der Waals surface area contributed by atoms with Crippen LogP contribution in [0.25, 0.3) is 0 Å². The van der Waals surface area contributed by atoms with Gasteiger partial charge < -0.3 is 9.47 Å². The number of carbonyl (C=O) groups excluding carboxylic acids is 5. The summed E-state index contributed by atoms with van der Waals surface area (Å²) in [5.41, 5.74) is 4.78. The number of fused-ring (bicyclic) bond motifs is 4. The molecule has 1 aromatic carbocycles. The number of hydrogen-bond donors (Lipinski definition) is 0. The highest BCUT2D eigenvalue weighted by atomic mass is 32.1. The Morgan fingerprint density at radius 1 is 1.07 bits per heavy atom. The molecule has 5 rings (SSSR count). The van der Waals surface area contributed by atoms with Gasteiger partial charge >= 0.3 is 11.9 Å². The standard InChI is InChI=1S/C32H34O7S/c1-17(33)19-4-6-20(7-5-19)24-14-32(3)25(10-11-26(32)28(36)15-38-30(37)16-40)22-9-8-21-12-27(35)29(39-18(2)34)13-23(21)31(22)24/h4-7,12,16,22,24-26,29H,8-11,13-15H2,1-3H3/t22-,24+,25-,26+,29?,32-/m0/s1. The van der Waals surface area contributed by atoms with Crippen molar-refractivity contribution in [3.63, 3.8) is 0 Å². The summed E-state index contributed by atoms with van der Waals surface area (Å²) in [6.45, 7) is 4.78. The second-order valence-corrected chi connectivity index (χ2v) is 12.1. The Kier molecular flexibility index (Phi) is 7.75. The molecule has 0 aliphatic heterocycles. The van der Waals surface area contributed by atoms with Crippen molar-refractivity contribution in [2.45, 2.75) is 71.3 Å². The van der Waals surface area contributed by atoms with Crippen molar-refractivity contribution in [1.82, 2.24) is 0 Å². The zero-order valence-electron chi connectivity index (χ0n) is 23.1. The molecule has 0 bridgehead atoms. The lowest BCUT2D eigenvalue weighted by Crippen LogP contribution is -2.46. The molecule has 0 N–H and O–H groups in total. The average Bonchev–Trinajstić information content (AvgIpc) is 3.28. The number of carbonyl (C=O) groups is 5. The number of Topliss-reactive ketones (excluding diaryl/α,β-unsaturated/α-hetero) is 2. The third kappa shape index (κ3) is 5.02. The fraction of sp³-hybridized carbons (Fsp3) is 0.500. The second kappa shape index (κ2) is 11.0. The number of allylic oxidation sites excluding steroid dienone is 2. The van der Waals surface area contributed by atoms with Crippen LogP contribution in [0.5, 0.6) is 0 Å². The van der Waals surface area contributed by atoms with E-state index in [-0.39, 0.29) is 53.0 Å². The molecule has 8 heteroatoms. The van der Waals surface area contributed by atoms with Gasteiger partial charge in [-0.15, -0.1) is 0 Å². The Labute approximate surface area is 239 Å². The van der Waals surface area contributed by atoms with E-state index in [1.165, 1.54) is 12.5 Å². The molecule has 40 heavy (non-hydrogen) atoms. The fourth-order valence-corrected chi connectivity index (χ4v) is 8.06. The molecule has 0 radical (unpaired) electrons. The van der Waals surface area contributed by atoms with E-state index >= 15 is 0 Å². The lowest BCUT2D eigenvalue weighted by molar-refractivity contribution is -0.151. The molecular formula is C32H34O7S. The number of ketones is 3. The third-order valence-corrected chi connectivity index (χ3v) is 9.86. The summed E-state index contributed by atoms with van der Waals surface area (Å²) in [5, 5.41) is 0.900. The lowest BCUT2D eigenvalue weighted by Gasteiger charge is -2.52. The van der Waals surface area contributed by atoms with E-state index in [1.54, 1.807) is 13.0 Å². The lowest BCUT2D eigenvalue weighted by atomic mass is 9.51. The zero-order chi connectivity index (χ0) is 28.8. The average molecular weight is 563 g/mol. The van der Waals surface area contributed by atoms with E-state index in [0.717, 1.165) is 47.8 Å². The SMILES string of the molecule is CC(=O)OC1CC2=C3[C@@H](CCC2=CC1=O)[C@@H]1CC[C@H](C(=O)COC(=O)C=S)[C@@]1(C)C[C@@H]3c1ccc(C(C)=O)cc1. The summed E-state index contributed by atoms with van der Waals surface area (Å²) in [4.78, 5) is 61.5. The van der Waals surface area contributed by atoms with E-state index in [4.69, 9.17) is 9.47 Å². The molecule has 4 aliphatic rings. The minimum Gasteiger partial charge on any atom is -0.454 e. The van der Waals surface area contributed by atoms with E-state index in [1.807, 2.05) is 24.3 Å². The molecule has 2 saturated carbocycles. The molecule has 6 atom stereocenters. The van der Waals surface area contributed by atoms with Crippen molar-refractivity contribution in [3.8, 4) is 0 Å². The van der Waals surface area contributed by atoms with Gasteiger partial charge in [-0.3, -0.25) is 19.2 Å². The molecular weight excluding hydrogens is 528 g/mol. The second-order valence-electron chi connectivity index (χ2n) is 11.8. The van der Waals surface area contributed by atoms with Crippen LogP contribution in [-0.4, -0.2) is 47.4 Å². The van der Waals surface area contributed by atoms with Crippen molar-refractivity contribution >= 4 is 46.9 Å². The minimum absolute atomic E-state index is 0.00708. The van der Waals surface area contributed by atoms with Crippen molar-refractivity contribution in [2.24, 2.45) is 23.2 Å². The molecule has 4 aliphatic carbocycles. The number of thiocarbonyl (C=S) groups is 1. The minimum atomic E-state index is -0.828. The predicted octanol–water partition coefficient (Wildman–Crippen LogP) is 5.06. The molecule has 0 heterocycles. The Hall–Kier alpha value is -3.26. The molecule has 2 fully saturated rings. The fourth-order valence-electron chi connectivity index (χ4n) is 7.99. The van der Waals surface area contributed by atoms with Gasteiger partial charge in [0.2, 0.25) is 0 Å². The first-order valence-electron chi connectivity index (χ1n) is 13.9. The van der Waals surface area contributed by atoms with Gasteiger partial charge in [-0.05, 0) is 79.1 Å². The van der Waals surface area contributed by atoms with E-state index in [9.17, 15) is 24.0 Å². The molecule has 0 spiro atoms. The van der Waals surface area contributed by atoms with Crippen LogP contribution >= 0.6 is 12.2 Å². The summed E-state index contributed by atoms with van der Waals surface area (Å²) in [5.74, 6) is -1.24. The first-order valence-corrected chi connectivity index (χ1v) is 14.4. The monoisotopic (exact) mass is 562 g/mol. The van der Waals surface area contributed by atoms with Gasteiger partial charge in [0.15, 0.2) is 30.1 Å². The summed E-state index contributed by atoms with van der Waals surface area (Å²) in [7, 11) is 0. The molecule has 0 saturated heterocycles.